The number of hydrogen-bond donors (Lipinski definition) is 0. The van der Waals surface area contributed by atoms with Gasteiger partial charge < -0.3 is 4.74 Å². The second-order valence-corrected chi connectivity index (χ2v) is 6.86. The van der Waals surface area contributed by atoms with E-state index in [1.807, 2.05) is 13.0 Å². The van der Waals surface area contributed by atoms with Crippen LogP contribution in [0.3, 0.4) is 0 Å². The van der Waals surface area contributed by atoms with Gasteiger partial charge >= 0.3 is 0 Å². The molecule has 0 heterocycles. The third-order valence-electron chi connectivity index (χ3n) is 3.05. The van der Waals surface area contributed by atoms with Crippen LogP contribution in [0.15, 0.2) is 17.0 Å². The van der Waals surface area contributed by atoms with Crippen LogP contribution in [0, 0.1) is 0 Å². The van der Waals surface area contributed by atoms with Crippen LogP contribution < -0.4 is 4.74 Å². The van der Waals surface area contributed by atoms with E-state index >= 15 is 0 Å². The summed E-state index contributed by atoms with van der Waals surface area (Å²) in [5.41, 5.74) is 1.77. The molecule has 1 aliphatic rings. The molecule has 0 N–H and O–H groups in total. The van der Waals surface area contributed by atoms with Crippen molar-refractivity contribution in [1.82, 2.24) is 0 Å². The number of halogens is 1. The predicted octanol–water partition coefficient (Wildman–Crippen LogP) is 3.11. The van der Waals surface area contributed by atoms with Gasteiger partial charge in [-0.15, -0.1) is 11.6 Å². The summed E-state index contributed by atoms with van der Waals surface area (Å²) in [6.07, 6.45) is 3.35. The van der Waals surface area contributed by atoms with Crippen LogP contribution in [0.1, 0.15) is 36.8 Å². The molecular formula is C13H17ClO3S. The average molecular weight is 289 g/mol. The molecule has 0 spiro atoms. The molecule has 0 amide bonds. The molecule has 0 aromatic heterocycles. The number of rotatable bonds is 5. The highest BCUT2D eigenvalue weighted by molar-refractivity contribution is 7.90. The maximum absolute atomic E-state index is 11.9. The first-order valence-corrected chi connectivity index (χ1v) is 8.45. The number of sulfone groups is 1. The Balaban J connectivity index is 2.58. The molecule has 18 heavy (non-hydrogen) atoms. The fourth-order valence-corrected chi connectivity index (χ4v) is 3.24. The normalized spacial score (nSPS) is 15.7. The largest absolute Gasteiger partial charge is 0.494 e. The lowest BCUT2D eigenvalue weighted by Gasteiger charge is -2.14. The molecule has 1 aromatic carbocycles. The van der Waals surface area contributed by atoms with Gasteiger partial charge in [0.1, 0.15) is 5.75 Å². The maximum Gasteiger partial charge on any atom is 0.175 e. The summed E-state index contributed by atoms with van der Waals surface area (Å²) < 4.78 is 29.2. The quantitative estimate of drug-likeness (QED) is 0.782. The first kappa shape index (κ1) is 13.7. The first-order chi connectivity index (χ1) is 8.47. The van der Waals surface area contributed by atoms with E-state index in [2.05, 4.69) is 0 Å². The highest BCUT2D eigenvalue weighted by Crippen LogP contribution is 2.44. The SMILES string of the molecule is CCOc1cc(S(C)(=O)=O)c(C2CC2)cc1CCl. The molecule has 3 nitrogen and oxygen atoms in total. The molecule has 0 radical (unpaired) electrons. The highest BCUT2D eigenvalue weighted by atomic mass is 35.5. The molecule has 0 bridgehead atoms. The second kappa shape index (κ2) is 5.10. The third kappa shape index (κ3) is 2.81. The third-order valence-corrected chi connectivity index (χ3v) is 4.49. The molecule has 2 rings (SSSR count). The summed E-state index contributed by atoms with van der Waals surface area (Å²) in [6, 6.07) is 3.52. The Morgan fingerprint density at radius 1 is 1.39 bits per heavy atom. The molecule has 0 unspecified atom stereocenters. The van der Waals surface area contributed by atoms with E-state index in [1.165, 1.54) is 6.26 Å². The topological polar surface area (TPSA) is 43.4 Å². The van der Waals surface area contributed by atoms with Crippen LogP contribution in [0.4, 0.5) is 0 Å². The van der Waals surface area contributed by atoms with Crippen molar-refractivity contribution in [2.45, 2.75) is 36.5 Å². The van der Waals surface area contributed by atoms with Crippen LogP contribution in [0.2, 0.25) is 0 Å². The molecule has 0 atom stereocenters. The molecule has 100 valence electrons. The Bertz CT molecular complexity index is 548. The Labute approximate surface area is 113 Å². The Hall–Kier alpha value is -0.740. The molecular weight excluding hydrogens is 272 g/mol. The molecule has 1 aliphatic carbocycles. The summed E-state index contributed by atoms with van der Waals surface area (Å²) in [5.74, 6) is 1.28. The van der Waals surface area contributed by atoms with Crippen molar-refractivity contribution < 1.29 is 13.2 Å². The van der Waals surface area contributed by atoms with Gasteiger partial charge in [0.15, 0.2) is 9.84 Å². The van der Waals surface area contributed by atoms with Crippen LogP contribution in [-0.2, 0) is 15.7 Å². The minimum Gasteiger partial charge on any atom is -0.494 e. The smallest absolute Gasteiger partial charge is 0.175 e. The molecule has 5 heteroatoms. The van der Waals surface area contributed by atoms with Crippen molar-refractivity contribution in [3.63, 3.8) is 0 Å². The van der Waals surface area contributed by atoms with E-state index in [4.69, 9.17) is 16.3 Å². The van der Waals surface area contributed by atoms with Gasteiger partial charge in [-0.05, 0) is 43.4 Å². The Morgan fingerprint density at radius 3 is 2.50 bits per heavy atom. The molecule has 1 fully saturated rings. The van der Waals surface area contributed by atoms with Gasteiger partial charge in [0.25, 0.3) is 0 Å². The Kier molecular flexibility index (Phi) is 3.87. The van der Waals surface area contributed by atoms with Crippen molar-refractivity contribution in [2.75, 3.05) is 12.9 Å². The number of hydrogen-bond acceptors (Lipinski definition) is 3. The molecule has 1 saturated carbocycles. The Morgan fingerprint density at radius 2 is 2.06 bits per heavy atom. The zero-order chi connectivity index (χ0) is 13.3. The van der Waals surface area contributed by atoms with Crippen molar-refractivity contribution >= 4 is 21.4 Å². The number of alkyl halides is 1. The minimum absolute atomic E-state index is 0.332. The standard InChI is InChI=1S/C13H17ClO3S/c1-3-17-12-7-13(18(2,15)16)11(9-4-5-9)6-10(12)8-14/h6-7,9H,3-5,8H2,1-2H3. The lowest BCUT2D eigenvalue weighted by atomic mass is 10.1. The average Bonchev–Trinajstić information content (AvgIpc) is 3.11. The fraction of sp³-hybridized carbons (Fsp3) is 0.538. The highest BCUT2D eigenvalue weighted by Gasteiger charge is 2.30. The summed E-state index contributed by atoms with van der Waals surface area (Å²) in [7, 11) is -3.23. The first-order valence-electron chi connectivity index (χ1n) is 6.03. The zero-order valence-electron chi connectivity index (χ0n) is 10.6. The van der Waals surface area contributed by atoms with Crippen LogP contribution in [0.25, 0.3) is 0 Å². The summed E-state index contributed by atoms with van der Waals surface area (Å²) in [4.78, 5) is 0.391. The van der Waals surface area contributed by atoms with E-state index in [-0.39, 0.29) is 0 Å². The van der Waals surface area contributed by atoms with Crippen molar-refractivity contribution in [3.8, 4) is 5.75 Å². The van der Waals surface area contributed by atoms with Gasteiger partial charge in [0, 0.05) is 11.8 Å². The number of ether oxygens (including phenoxy) is 1. The van der Waals surface area contributed by atoms with Crippen LogP contribution in [-0.4, -0.2) is 21.3 Å². The predicted molar refractivity (Wildman–Crippen MR) is 72.3 cm³/mol. The van der Waals surface area contributed by atoms with E-state index in [0.29, 0.717) is 29.0 Å². The van der Waals surface area contributed by atoms with E-state index in [9.17, 15) is 8.42 Å². The van der Waals surface area contributed by atoms with Crippen LogP contribution >= 0.6 is 11.6 Å². The lowest BCUT2D eigenvalue weighted by molar-refractivity contribution is 0.336. The fourth-order valence-electron chi connectivity index (χ4n) is 2.05. The van der Waals surface area contributed by atoms with Gasteiger partial charge in [-0.1, -0.05) is 0 Å². The summed E-state index contributed by atoms with van der Waals surface area (Å²) in [6.45, 7) is 2.36. The van der Waals surface area contributed by atoms with Gasteiger partial charge in [0.05, 0.1) is 17.4 Å². The number of benzene rings is 1. The van der Waals surface area contributed by atoms with Crippen molar-refractivity contribution in [1.29, 1.82) is 0 Å². The molecule has 0 saturated heterocycles. The van der Waals surface area contributed by atoms with E-state index < -0.39 is 9.84 Å². The van der Waals surface area contributed by atoms with Crippen LogP contribution in [0.5, 0.6) is 5.75 Å². The van der Waals surface area contributed by atoms with Gasteiger partial charge in [-0.3, -0.25) is 0 Å². The van der Waals surface area contributed by atoms with Gasteiger partial charge in [-0.2, -0.15) is 0 Å². The molecule has 0 aliphatic heterocycles. The van der Waals surface area contributed by atoms with E-state index in [0.717, 1.165) is 24.0 Å². The summed E-state index contributed by atoms with van der Waals surface area (Å²) >= 11 is 5.90. The minimum atomic E-state index is -3.23. The van der Waals surface area contributed by atoms with Crippen molar-refractivity contribution in [3.05, 3.63) is 23.3 Å². The van der Waals surface area contributed by atoms with Crippen molar-refractivity contribution in [2.24, 2.45) is 0 Å². The van der Waals surface area contributed by atoms with E-state index in [1.54, 1.807) is 6.07 Å². The monoisotopic (exact) mass is 288 g/mol. The second-order valence-electron chi connectivity index (χ2n) is 4.61. The van der Waals surface area contributed by atoms with Gasteiger partial charge in [0.2, 0.25) is 0 Å². The maximum atomic E-state index is 11.9. The zero-order valence-corrected chi connectivity index (χ0v) is 12.1. The van der Waals surface area contributed by atoms with Gasteiger partial charge in [-0.25, -0.2) is 8.42 Å². The molecule has 1 aromatic rings. The summed E-state index contributed by atoms with van der Waals surface area (Å²) in [5, 5.41) is 0. The lowest BCUT2D eigenvalue weighted by Crippen LogP contribution is -2.05.